The molecule has 3 heteroatoms. The van der Waals surface area contributed by atoms with E-state index in [-0.39, 0.29) is 28.8 Å². The number of fused-ring (bicyclic) bond motifs is 7. The Morgan fingerprint density at radius 1 is 1.25 bits per heavy atom. The monoisotopic (exact) mass is 330 g/mol. The lowest BCUT2D eigenvalue weighted by Gasteiger charge is -2.58. The maximum Gasteiger partial charge on any atom is 0.164 e. The second kappa shape index (κ2) is 4.54. The van der Waals surface area contributed by atoms with Gasteiger partial charge in [-0.2, -0.15) is 0 Å². The highest BCUT2D eigenvalue weighted by Gasteiger charge is 2.79. The third-order valence-corrected chi connectivity index (χ3v) is 9.03. The molecular formula is C21H30O3. The van der Waals surface area contributed by atoms with Crippen LogP contribution in [0.4, 0.5) is 0 Å². The van der Waals surface area contributed by atoms with E-state index in [0.717, 1.165) is 44.4 Å². The summed E-state index contributed by atoms with van der Waals surface area (Å²) >= 11 is 0. The first-order valence-electron chi connectivity index (χ1n) is 9.89. The highest BCUT2D eigenvalue weighted by atomic mass is 16.6. The van der Waals surface area contributed by atoms with Gasteiger partial charge in [-0.3, -0.25) is 4.79 Å². The van der Waals surface area contributed by atoms with Crippen LogP contribution in [0.2, 0.25) is 0 Å². The number of aliphatic hydroxyl groups excluding tert-OH is 1. The topological polar surface area (TPSA) is 49.8 Å². The molecule has 1 heterocycles. The van der Waals surface area contributed by atoms with Gasteiger partial charge in [-0.15, -0.1) is 0 Å². The number of hydrogen-bond donors (Lipinski definition) is 1. The minimum atomic E-state index is -0.448. The largest absolute Gasteiger partial charge is 0.393 e. The zero-order chi connectivity index (χ0) is 16.9. The van der Waals surface area contributed by atoms with E-state index in [2.05, 4.69) is 19.9 Å². The molecule has 5 aliphatic rings. The minimum absolute atomic E-state index is 0.0422. The van der Waals surface area contributed by atoms with Crippen LogP contribution < -0.4 is 0 Å². The second-order valence-corrected chi connectivity index (χ2v) is 9.75. The molecule has 8 atom stereocenters. The zero-order valence-electron chi connectivity index (χ0n) is 15.2. The Morgan fingerprint density at radius 2 is 2.04 bits per heavy atom. The summed E-state index contributed by atoms with van der Waals surface area (Å²) in [4.78, 5) is 12.4. The lowest BCUT2D eigenvalue weighted by atomic mass is 9.47. The van der Waals surface area contributed by atoms with Crippen LogP contribution in [0.25, 0.3) is 0 Å². The van der Waals surface area contributed by atoms with Gasteiger partial charge in [0.2, 0.25) is 0 Å². The Kier molecular flexibility index (Phi) is 2.94. The van der Waals surface area contributed by atoms with Crippen molar-refractivity contribution in [3.05, 3.63) is 11.6 Å². The number of carbonyl (C=O) groups is 1. The molecule has 0 unspecified atom stereocenters. The average Bonchev–Trinajstić information content (AvgIpc) is 3.21. The smallest absolute Gasteiger partial charge is 0.164 e. The van der Waals surface area contributed by atoms with Gasteiger partial charge in [0.05, 0.1) is 12.2 Å². The first-order valence-corrected chi connectivity index (χ1v) is 9.89. The van der Waals surface area contributed by atoms with Crippen molar-refractivity contribution in [1.29, 1.82) is 0 Å². The molecule has 0 spiro atoms. The lowest BCUT2D eigenvalue weighted by Crippen LogP contribution is -2.54. The number of aliphatic hydroxyl groups is 1. The number of Topliss-reactive ketones (excluding diaryl/α,β-unsaturated/α-hetero) is 1. The minimum Gasteiger partial charge on any atom is -0.393 e. The molecule has 24 heavy (non-hydrogen) atoms. The van der Waals surface area contributed by atoms with Crippen molar-refractivity contribution in [2.24, 2.45) is 28.6 Å². The fourth-order valence-corrected chi connectivity index (χ4v) is 7.71. The summed E-state index contributed by atoms with van der Waals surface area (Å²) in [5.41, 5.74) is 1.39. The summed E-state index contributed by atoms with van der Waals surface area (Å²) in [5.74, 6) is 2.31. The highest BCUT2D eigenvalue weighted by molar-refractivity contribution is 5.90. The molecule has 0 radical (unpaired) electrons. The molecule has 4 fully saturated rings. The summed E-state index contributed by atoms with van der Waals surface area (Å²) in [6.45, 7) is 6.54. The molecule has 0 aromatic rings. The van der Waals surface area contributed by atoms with Gasteiger partial charge in [0.1, 0.15) is 0 Å². The standard InChI is InChI=1S/C21H30O3/c1-12(22)21-18(24-21)11-17-15-5-4-13-10-14(23)6-8-19(13,2)16(15)7-9-20(17,21)3/h4,14-18,23H,5-11H2,1-3H3/t14-,15-,16-,17-,18+,19-,20+,21+/m1/s1. The fraction of sp³-hybridized carbons (Fsp3) is 0.857. The van der Waals surface area contributed by atoms with E-state index in [9.17, 15) is 9.90 Å². The summed E-state index contributed by atoms with van der Waals surface area (Å²) in [6, 6.07) is 0. The van der Waals surface area contributed by atoms with Gasteiger partial charge < -0.3 is 9.84 Å². The quantitative estimate of drug-likeness (QED) is 0.590. The number of rotatable bonds is 1. The lowest BCUT2D eigenvalue weighted by molar-refractivity contribution is -0.135. The van der Waals surface area contributed by atoms with Crippen molar-refractivity contribution in [2.45, 2.75) is 83.5 Å². The zero-order valence-corrected chi connectivity index (χ0v) is 15.2. The number of carbonyl (C=O) groups excluding carboxylic acids is 1. The van der Waals surface area contributed by atoms with Gasteiger partial charge in [-0.1, -0.05) is 25.5 Å². The van der Waals surface area contributed by atoms with Crippen LogP contribution >= 0.6 is 0 Å². The van der Waals surface area contributed by atoms with Crippen molar-refractivity contribution in [3.8, 4) is 0 Å². The number of ether oxygens (including phenoxy) is 1. The van der Waals surface area contributed by atoms with Crippen molar-refractivity contribution in [3.63, 3.8) is 0 Å². The molecule has 0 aromatic heterocycles. The van der Waals surface area contributed by atoms with Crippen LogP contribution in [0.15, 0.2) is 11.6 Å². The molecule has 0 amide bonds. The molecule has 3 nitrogen and oxygen atoms in total. The Hall–Kier alpha value is -0.670. The summed E-state index contributed by atoms with van der Waals surface area (Å²) in [7, 11) is 0. The van der Waals surface area contributed by atoms with Crippen LogP contribution in [0.1, 0.15) is 65.7 Å². The first kappa shape index (κ1) is 15.6. The molecule has 1 saturated heterocycles. The third kappa shape index (κ3) is 1.60. The number of hydrogen-bond acceptors (Lipinski definition) is 3. The molecule has 3 saturated carbocycles. The van der Waals surface area contributed by atoms with Crippen LogP contribution in [-0.4, -0.2) is 28.7 Å². The van der Waals surface area contributed by atoms with E-state index in [1.807, 2.05) is 0 Å². The van der Waals surface area contributed by atoms with Crippen LogP contribution in [0, 0.1) is 28.6 Å². The molecule has 1 aliphatic heterocycles. The first-order chi connectivity index (χ1) is 11.3. The van der Waals surface area contributed by atoms with E-state index in [4.69, 9.17) is 4.74 Å². The Labute approximate surface area is 144 Å². The van der Waals surface area contributed by atoms with Gasteiger partial charge in [-0.05, 0) is 75.0 Å². The van der Waals surface area contributed by atoms with E-state index in [1.54, 1.807) is 6.92 Å². The molecule has 132 valence electrons. The van der Waals surface area contributed by atoms with Crippen molar-refractivity contribution >= 4 is 5.78 Å². The van der Waals surface area contributed by atoms with Crippen molar-refractivity contribution in [1.82, 2.24) is 0 Å². The molecule has 1 N–H and O–H groups in total. The van der Waals surface area contributed by atoms with Crippen LogP contribution in [0.3, 0.4) is 0 Å². The molecular weight excluding hydrogens is 300 g/mol. The van der Waals surface area contributed by atoms with Crippen molar-refractivity contribution < 1.29 is 14.6 Å². The van der Waals surface area contributed by atoms with E-state index < -0.39 is 5.60 Å². The molecule has 4 aliphatic carbocycles. The SMILES string of the molecule is CC(=O)[C@]12O[C@H]1C[C@@H]1[C@@H]3CC=C4C[C@H](O)CC[C@@]4(C)[C@@H]3CC[C@@]12C. The predicted molar refractivity (Wildman–Crippen MR) is 91.4 cm³/mol. The Morgan fingerprint density at radius 3 is 2.79 bits per heavy atom. The van der Waals surface area contributed by atoms with E-state index in [0.29, 0.717) is 11.8 Å². The molecule has 0 aromatic carbocycles. The average molecular weight is 330 g/mol. The molecule has 0 bridgehead atoms. The van der Waals surface area contributed by atoms with Gasteiger partial charge in [0.25, 0.3) is 0 Å². The van der Waals surface area contributed by atoms with Gasteiger partial charge in [0.15, 0.2) is 11.4 Å². The van der Waals surface area contributed by atoms with Gasteiger partial charge in [-0.25, -0.2) is 0 Å². The number of ketones is 1. The van der Waals surface area contributed by atoms with E-state index in [1.165, 1.54) is 12.0 Å². The Bertz CT molecular complexity index is 639. The fourth-order valence-electron chi connectivity index (χ4n) is 7.71. The summed E-state index contributed by atoms with van der Waals surface area (Å²) in [6.07, 6.45) is 10.0. The van der Waals surface area contributed by atoms with E-state index >= 15 is 0 Å². The predicted octanol–water partition coefficient (Wildman–Crippen LogP) is 3.65. The highest BCUT2D eigenvalue weighted by Crippen LogP contribution is 2.73. The third-order valence-electron chi connectivity index (χ3n) is 9.03. The molecule has 5 rings (SSSR count). The normalized spacial score (nSPS) is 58.0. The number of epoxide rings is 1. The van der Waals surface area contributed by atoms with Gasteiger partial charge in [0, 0.05) is 5.41 Å². The van der Waals surface area contributed by atoms with Crippen molar-refractivity contribution in [2.75, 3.05) is 0 Å². The number of allylic oxidation sites excluding steroid dienone is 1. The van der Waals surface area contributed by atoms with Crippen LogP contribution in [0.5, 0.6) is 0 Å². The second-order valence-electron chi connectivity index (χ2n) is 9.75. The van der Waals surface area contributed by atoms with Crippen LogP contribution in [-0.2, 0) is 9.53 Å². The maximum absolute atomic E-state index is 12.4. The summed E-state index contributed by atoms with van der Waals surface area (Å²) < 4.78 is 6.00. The maximum atomic E-state index is 12.4. The summed E-state index contributed by atoms with van der Waals surface area (Å²) in [5, 5.41) is 10.1. The Balaban J connectivity index is 1.51. The van der Waals surface area contributed by atoms with Gasteiger partial charge >= 0.3 is 0 Å².